The second-order valence-corrected chi connectivity index (χ2v) is 19.0. The number of hydrogen-bond donors (Lipinski definition) is 4. The van der Waals surface area contributed by atoms with Crippen LogP contribution < -0.4 is 36.9 Å². The van der Waals surface area contributed by atoms with E-state index in [1.54, 1.807) is 45.2 Å². The van der Waals surface area contributed by atoms with E-state index < -0.39 is 7.92 Å². The predicted molar refractivity (Wildman–Crippen MR) is 259 cm³/mol. The molecule has 0 radical (unpaired) electrons. The van der Waals surface area contributed by atoms with Crippen molar-refractivity contribution < 1.29 is 18.9 Å². The number of nitrogens with one attached hydrogen (secondary N) is 2. The summed E-state index contributed by atoms with van der Waals surface area (Å²) in [4.78, 5) is 23.3. The molecular weight excluding hydrogens is 879 g/mol. The lowest BCUT2D eigenvalue weighted by molar-refractivity contribution is 0.0852. The Morgan fingerprint density at radius 2 is 1.65 bits per heavy atom. The van der Waals surface area contributed by atoms with Crippen molar-refractivity contribution in [2.75, 3.05) is 70.3 Å². The van der Waals surface area contributed by atoms with E-state index in [9.17, 15) is 0 Å². The number of allylic oxidation sites excluding steroid dienone is 1. The van der Waals surface area contributed by atoms with Crippen LogP contribution in [0.3, 0.4) is 0 Å². The van der Waals surface area contributed by atoms with Crippen molar-refractivity contribution in [2.45, 2.75) is 44.1 Å². The average Bonchev–Trinajstić information content (AvgIpc) is 3.68. The van der Waals surface area contributed by atoms with Gasteiger partial charge >= 0.3 is 0 Å². The van der Waals surface area contributed by atoms with Gasteiger partial charge in [-0.1, -0.05) is 7.92 Å². The van der Waals surface area contributed by atoms with Crippen molar-refractivity contribution in [1.29, 1.82) is 0 Å². The third-order valence-corrected chi connectivity index (χ3v) is 13.7. The van der Waals surface area contributed by atoms with E-state index in [0.717, 1.165) is 94.4 Å². The molecule has 8 rings (SSSR count). The largest absolute Gasteiger partial charge is 0.495 e. The Morgan fingerprint density at radius 1 is 0.937 bits per heavy atom. The number of aliphatic imine (C=N–C) groups is 1. The minimum absolute atomic E-state index is 0.222. The van der Waals surface area contributed by atoms with Crippen LogP contribution in [0.25, 0.3) is 27.7 Å². The number of nitrogens with two attached hydrogens (primary N) is 2. The quantitative estimate of drug-likeness (QED) is 0.0463. The first-order chi connectivity index (χ1) is 30.6. The van der Waals surface area contributed by atoms with Gasteiger partial charge < -0.3 is 45.6 Å². The first-order valence-electron chi connectivity index (χ1n) is 21.1. The fourth-order valence-corrected chi connectivity index (χ4v) is 10.0. The highest BCUT2D eigenvalue weighted by atomic mass is 79.9. The summed E-state index contributed by atoms with van der Waals surface area (Å²) in [7, 11) is 4.89. The molecule has 0 aliphatic carbocycles. The lowest BCUT2D eigenvalue weighted by atomic mass is 9.85. The van der Waals surface area contributed by atoms with Gasteiger partial charge in [-0.15, -0.1) is 0 Å². The summed E-state index contributed by atoms with van der Waals surface area (Å²) in [6.45, 7) is 7.50. The SMILES string of the molecule is CN=CC(=CN)c1cc(Nc2ncc(Br)c(Nc3ccc4nccnc4c3P(C)C)n2)c(OCc2cc(-c3cc(N)c(OC)cc3C3CCOCC3)cn2C)cc1C1CCOCC1. The lowest BCUT2D eigenvalue weighted by Crippen LogP contribution is -2.16. The van der Waals surface area contributed by atoms with Crippen molar-refractivity contribution in [3.63, 3.8) is 0 Å². The number of fused-ring (bicyclic) bond motifs is 1. The number of ether oxygens (including phenoxy) is 4. The van der Waals surface area contributed by atoms with Crippen molar-refractivity contribution in [3.05, 3.63) is 100 Å². The molecule has 16 heteroatoms. The Kier molecular flexibility index (Phi) is 13.9. The van der Waals surface area contributed by atoms with Crippen LogP contribution in [-0.4, -0.2) is 84.6 Å². The highest BCUT2D eigenvalue weighted by Gasteiger charge is 2.26. The number of anilines is 5. The third-order valence-electron chi connectivity index (χ3n) is 11.7. The molecule has 14 nitrogen and oxygen atoms in total. The number of aromatic nitrogens is 5. The minimum atomic E-state index is -0.551. The maximum absolute atomic E-state index is 6.87. The first kappa shape index (κ1) is 44.0. The highest BCUT2D eigenvalue weighted by Crippen LogP contribution is 2.43. The number of nitrogens with zero attached hydrogens (tertiary/aromatic N) is 6. The number of halogens is 1. The number of methoxy groups -OCH3 is 1. The first-order valence-corrected chi connectivity index (χ1v) is 24.1. The summed E-state index contributed by atoms with van der Waals surface area (Å²) >= 11 is 3.69. The lowest BCUT2D eigenvalue weighted by Gasteiger charge is -2.27. The zero-order chi connectivity index (χ0) is 44.0. The Balaban J connectivity index is 1.17. The van der Waals surface area contributed by atoms with Crippen LogP contribution >= 0.6 is 23.9 Å². The van der Waals surface area contributed by atoms with Gasteiger partial charge in [-0.05, 0) is 131 Å². The van der Waals surface area contributed by atoms with Crippen LogP contribution in [0, 0.1) is 0 Å². The topological polar surface area (TPSA) is 182 Å². The Labute approximate surface area is 377 Å². The number of hydrogen-bond acceptors (Lipinski definition) is 13. The zero-order valence-electron chi connectivity index (χ0n) is 36.3. The molecule has 3 aromatic carbocycles. The van der Waals surface area contributed by atoms with Gasteiger partial charge in [-0.25, -0.2) is 4.98 Å². The zero-order valence-corrected chi connectivity index (χ0v) is 38.8. The minimum Gasteiger partial charge on any atom is -0.495 e. The van der Waals surface area contributed by atoms with Crippen LogP contribution in [0.2, 0.25) is 0 Å². The van der Waals surface area contributed by atoms with Gasteiger partial charge in [0.15, 0.2) is 0 Å². The van der Waals surface area contributed by atoms with E-state index in [1.807, 2.05) is 25.2 Å². The summed E-state index contributed by atoms with van der Waals surface area (Å²) in [6.07, 6.45) is 14.3. The fourth-order valence-electron chi connectivity index (χ4n) is 8.53. The molecule has 6 aromatic rings. The average molecular weight is 934 g/mol. The second-order valence-electron chi connectivity index (χ2n) is 15.9. The van der Waals surface area contributed by atoms with Gasteiger partial charge in [0.25, 0.3) is 0 Å². The molecule has 5 heterocycles. The van der Waals surface area contributed by atoms with Crippen molar-refractivity contribution in [3.8, 4) is 22.6 Å². The number of nitrogen functional groups attached to an aromatic ring is 1. The molecule has 2 saturated heterocycles. The van der Waals surface area contributed by atoms with Gasteiger partial charge in [0, 0.05) is 99.9 Å². The predicted octanol–water partition coefficient (Wildman–Crippen LogP) is 9.00. The monoisotopic (exact) mass is 932 g/mol. The number of rotatable bonds is 14. The Morgan fingerprint density at radius 3 is 2.35 bits per heavy atom. The van der Waals surface area contributed by atoms with E-state index in [-0.39, 0.29) is 12.5 Å². The molecule has 0 spiro atoms. The molecule has 328 valence electrons. The van der Waals surface area contributed by atoms with Gasteiger partial charge in [0.05, 0.1) is 39.7 Å². The van der Waals surface area contributed by atoms with Crippen LogP contribution in [0.15, 0.2) is 82.9 Å². The van der Waals surface area contributed by atoms with E-state index in [2.05, 4.69) is 89.9 Å². The maximum Gasteiger partial charge on any atom is 0.229 e. The third kappa shape index (κ3) is 9.67. The van der Waals surface area contributed by atoms with E-state index in [4.69, 9.17) is 40.4 Å². The maximum atomic E-state index is 6.87. The van der Waals surface area contributed by atoms with Crippen LogP contribution in [0.1, 0.15) is 59.9 Å². The van der Waals surface area contributed by atoms with Gasteiger partial charge in [0.2, 0.25) is 5.95 Å². The van der Waals surface area contributed by atoms with Crippen LogP contribution in [0.5, 0.6) is 11.5 Å². The molecule has 2 aliphatic rings. The van der Waals surface area contributed by atoms with Crippen molar-refractivity contribution >= 4 is 80.8 Å². The van der Waals surface area contributed by atoms with E-state index >= 15 is 0 Å². The summed E-state index contributed by atoms with van der Waals surface area (Å²) in [5, 5.41) is 8.20. The molecular formula is C47H54BrN10O4P. The van der Waals surface area contributed by atoms with Crippen molar-refractivity contribution in [2.24, 2.45) is 17.8 Å². The van der Waals surface area contributed by atoms with Gasteiger partial charge in [-0.3, -0.25) is 15.0 Å². The van der Waals surface area contributed by atoms with Gasteiger partial charge in [0.1, 0.15) is 23.9 Å². The molecule has 0 saturated carbocycles. The molecule has 0 amide bonds. The molecule has 3 aromatic heterocycles. The summed E-state index contributed by atoms with van der Waals surface area (Å²) in [6, 6.07) is 14.5. The molecule has 2 aliphatic heterocycles. The molecule has 0 atom stereocenters. The summed E-state index contributed by atoms with van der Waals surface area (Å²) in [5.41, 5.74) is 23.9. The second kappa shape index (κ2) is 19.8. The standard InChI is InChI=1S/C47H54BrN10O4P/c1-51-24-31(23-49)34-20-41(56-47-54-25-37(48)46(57-47)55-40-7-6-39-44(45(40)63(4)5)53-13-12-52-39)43(22-36(34)29-10-16-61-17-11-29)62-27-32-18-30(26-58(32)2)33-19-38(50)42(59-3)21-35(33)28-8-14-60-15-9-28/h6-7,12-13,18-26,28-29H,8-11,14-17,27,49-50H2,1-5H3,(H2,54,55,56,57). The smallest absolute Gasteiger partial charge is 0.229 e. The normalized spacial score (nSPS) is 15.4. The van der Waals surface area contributed by atoms with E-state index in [1.165, 1.54) is 5.56 Å². The summed E-state index contributed by atoms with van der Waals surface area (Å²) in [5.74, 6) is 2.84. The fraction of sp³-hybridized carbons (Fsp3) is 0.340. The van der Waals surface area contributed by atoms with Crippen molar-refractivity contribution in [1.82, 2.24) is 24.5 Å². The molecule has 6 N–H and O–H groups in total. The van der Waals surface area contributed by atoms with Crippen LogP contribution in [-0.2, 0) is 23.1 Å². The molecule has 0 bridgehead atoms. The summed E-state index contributed by atoms with van der Waals surface area (Å²) < 4.78 is 26.9. The number of aryl methyl sites for hydroxylation is 1. The molecule has 63 heavy (non-hydrogen) atoms. The van der Waals surface area contributed by atoms with Gasteiger partial charge in [-0.2, -0.15) is 4.98 Å². The molecule has 0 unspecified atom stereocenters. The van der Waals surface area contributed by atoms with E-state index in [0.29, 0.717) is 58.2 Å². The number of benzene rings is 3. The highest BCUT2D eigenvalue weighted by molar-refractivity contribution is 9.10. The Bertz CT molecular complexity index is 2660. The Hall–Kier alpha value is -5.60. The van der Waals surface area contributed by atoms with Crippen LogP contribution in [0.4, 0.5) is 28.8 Å². The molecule has 2 fully saturated rings.